The van der Waals surface area contributed by atoms with Crippen molar-refractivity contribution in [3.8, 4) is 0 Å². The molecule has 3 rings (SSSR count). The van der Waals surface area contributed by atoms with Crippen molar-refractivity contribution in [1.29, 1.82) is 0 Å². The molecule has 2 aliphatic heterocycles. The molecule has 1 amide bonds. The Kier molecular flexibility index (Phi) is 9.86. The standard InChI is InChI=1S/C24H35N2O8P/c1-26-17-11-12-19(26)23(20(16-17)34-35(31,32)18-8-4-2-5-9-18)24(30)33-15-7-3-6-10-21(27)25-14-13-22(28)29/h2,4-5,8-9,17,19-20,23H,3,6-7,10-16H2,1H3,(H,25,27)(H,28,29)(H,31,32)/t17-,19+,20-,23+/m0/s1. The number of esters is 1. The maximum atomic E-state index is 13.1. The van der Waals surface area contributed by atoms with Gasteiger partial charge in [-0.2, -0.15) is 0 Å². The van der Waals surface area contributed by atoms with E-state index >= 15 is 0 Å². The van der Waals surface area contributed by atoms with Crippen LogP contribution in [-0.4, -0.2) is 61.3 Å². The van der Waals surface area contributed by atoms with Crippen molar-refractivity contribution in [2.24, 2.45) is 5.92 Å². The number of hydrogen-bond acceptors (Lipinski definition) is 7. The van der Waals surface area contributed by atoms with Crippen LogP contribution in [-0.2, 0) is 28.2 Å². The van der Waals surface area contributed by atoms with Gasteiger partial charge in [-0.25, -0.2) is 0 Å². The van der Waals surface area contributed by atoms with Gasteiger partial charge in [-0.3, -0.25) is 14.4 Å². The Hall–Kier alpha value is -2.26. The molecule has 3 N–H and O–H groups in total. The Bertz CT molecular complexity index is 927. The van der Waals surface area contributed by atoms with E-state index in [1.807, 2.05) is 7.05 Å². The van der Waals surface area contributed by atoms with E-state index in [1.165, 1.54) is 17.0 Å². The zero-order valence-corrected chi connectivity index (χ0v) is 20.9. The van der Waals surface area contributed by atoms with Crippen LogP contribution in [0, 0.1) is 5.92 Å². The van der Waals surface area contributed by atoms with E-state index in [1.54, 1.807) is 18.2 Å². The fraction of sp³-hybridized carbons (Fsp3) is 0.625. The monoisotopic (exact) mass is 510 g/mol. The first-order chi connectivity index (χ1) is 16.7. The second-order valence-electron chi connectivity index (χ2n) is 9.33. The minimum absolute atomic E-state index is 0.0449. The number of amides is 1. The lowest BCUT2D eigenvalue weighted by Crippen LogP contribution is -3.16. The first-order valence-corrected chi connectivity index (χ1v) is 13.8. The third-order valence-corrected chi connectivity index (χ3v) is 8.46. The molecule has 0 aliphatic carbocycles. The van der Waals surface area contributed by atoms with Crippen molar-refractivity contribution >= 4 is 30.7 Å². The molecule has 2 aliphatic rings. The zero-order chi connectivity index (χ0) is 25.4. The first kappa shape index (κ1) is 27.3. The minimum Gasteiger partial charge on any atom is -0.775 e. The number of carboxylic acid groups (broad SMARTS) is 1. The van der Waals surface area contributed by atoms with E-state index in [4.69, 9.17) is 14.4 Å². The van der Waals surface area contributed by atoms with E-state index in [9.17, 15) is 23.8 Å². The number of hydrogen-bond donors (Lipinski definition) is 3. The Morgan fingerprint density at radius 1 is 1.14 bits per heavy atom. The summed E-state index contributed by atoms with van der Waals surface area (Å²) in [7, 11) is -2.30. The molecule has 0 radical (unpaired) electrons. The summed E-state index contributed by atoms with van der Waals surface area (Å²) >= 11 is 0. The zero-order valence-electron chi connectivity index (χ0n) is 20.0. The van der Waals surface area contributed by atoms with Crippen molar-refractivity contribution in [3.05, 3.63) is 30.3 Å². The molecule has 1 aromatic rings. The number of benzene rings is 1. The minimum atomic E-state index is -4.34. The maximum absolute atomic E-state index is 13.1. The Morgan fingerprint density at radius 2 is 1.89 bits per heavy atom. The summed E-state index contributed by atoms with van der Waals surface area (Å²) in [5.41, 5.74) is 0. The number of carbonyl (C=O) groups is 3. The van der Waals surface area contributed by atoms with Crippen LogP contribution in [0.15, 0.2) is 30.3 Å². The molecule has 0 saturated carbocycles. The Morgan fingerprint density at radius 3 is 2.60 bits per heavy atom. The number of carbonyl (C=O) groups excluding carboxylic acids is 2. The van der Waals surface area contributed by atoms with E-state index in [2.05, 4.69) is 5.32 Å². The van der Waals surface area contributed by atoms with E-state index in [-0.39, 0.29) is 49.3 Å². The van der Waals surface area contributed by atoms with Gasteiger partial charge in [0.25, 0.3) is 0 Å². The number of fused-ring (bicyclic) bond motifs is 2. The van der Waals surface area contributed by atoms with Crippen LogP contribution in [0.25, 0.3) is 0 Å². The summed E-state index contributed by atoms with van der Waals surface area (Å²) in [5.74, 6) is -2.25. The molecule has 0 spiro atoms. The van der Waals surface area contributed by atoms with Crippen molar-refractivity contribution in [2.75, 3.05) is 20.2 Å². The molecular formula is C24H35N2O8P. The Balaban J connectivity index is 1.48. The number of rotatable bonds is 13. The van der Waals surface area contributed by atoms with E-state index in [0.29, 0.717) is 25.7 Å². The average Bonchev–Trinajstić information content (AvgIpc) is 3.04. The molecule has 11 heteroatoms. The predicted molar refractivity (Wildman–Crippen MR) is 125 cm³/mol. The van der Waals surface area contributed by atoms with Crippen molar-refractivity contribution in [1.82, 2.24) is 5.32 Å². The van der Waals surface area contributed by atoms with Gasteiger partial charge >= 0.3 is 11.9 Å². The highest BCUT2D eigenvalue weighted by Crippen LogP contribution is 2.43. The normalized spacial score (nSPS) is 27.1. The number of carboxylic acids is 1. The van der Waals surface area contributed by atoms with Crippen LogP contribution in [0.4, 0.5) is 0 Å². The molecule has 2 saturated heterocycles. The summed E-state index contributed by atoms with van der Waals surface area (Å²) in [6.45, 7) is 0.293. The van der Waals surface area contributed by atoms with Crippen LogP contribution in [0.3, 0.4) is 0 Å². The fourth-order valence-corrected chi connectivity index (χ4v) is 6.33. The third-order valence-electron chi connectivity index (χ3n) is 6.98. The maximum Gasteiger partial charge on any atom is 0.317 e. The summed E-state index contributed by atoms with van der Waals surface area (Å²) in [6, 6.07) is 8.19. The largest absolute Gasteiger partial charge is 0.775 e. The van der Waals surface area contributed by atoms with Crippen molar-refractivity contribution in [3.63, 3.8) is 0 Å². The highest BCUT2D eigenvalue weighted by atomic mass is 31.2. The fourth-order valence-electron chi connectivity index (χ4n) is 5.10. The lowest BCUT2D eigenvalue weighted by molar-refractivity contribution is -0.926. The lowest BCUT2D eigenvalue weighted by Gasteiger charge is -2.41. The van der Waals surface area contributed by atoms with Crippen LogP contribution in [0.5, 0.6) is 0 Å². The number of quaternary nitrogens is 1. The number of piperidine rings is 1. The molecule has 2 heterocycles. The predicted octanol–water partition coefficient (Wildman–Crippen LogP) is 0.0106. The molecule has 2 fully saturated rings. The third kappa shape index (κ3) is 7.61. The van der Waals surface area contributed by atoms with Gasteiger partial charge in [0.05, 0.1) is 32.2 Å². The first-order valence-electron chi connectivity index (χ1n) is 12.2. The van der Waals surface area contributed by atoms with Crippen molar-refractivity contribution in [2.45, 2.75) is 69.6 Å². The van der Waals surface area contributed by atoms with Crippen LogP contribution in [0.2, 0.25) is 0 Å². The number of aliphatic carboxylic acids is 1. The summed E-state index contributed by atoms with van der Waals surface area (Å²) in [4.78, 5) is 49.3. The summed E-state index contributed by atoms with van der Waals surface area (Å²) in [5, 5.41) is 11.2. The van der Waals surface area contributed by atoms with Gasteiger partial charge in [-0.1, -0.05) is 30.3 Å². The molecule has 194 valence electrons. The quantitative estimate of drug-likeness (QED) is 0.191. The van der Waals surface area contributed by atoms with Crippen LogP contribution >= 0.6 is 7.60 Å². The van der Waals surface area contributed by atoms with Gasteiger partial charge in [0.15, 0.2) is 7.60 Å². The average molecular weight is 511 g/mol. The highest BCUT2D eigenvalue weighted by Gasteiger charge is 2.54. The number of ether oxygens (including phenoxy) is 1. The lowest BCUT2D eigenvalue weighted by atomic mass is 9.88. The topological polar surface area (TPSA) is 146 Å². The van der Waals surface area contributed by atoms with Crippen LogP contribution < -0.4 is 20.4 Å². The second-order valence-corrected chi connectivity index (χ2v) is 11.1. The van der Waals surface area contributed by atoms with Gasteiger partial charge < -0.3 is 34.0 Å². The van der Waals surface area contributed by atoms with Gasteiger partial charge in [0.1, 0.15) is 12.0 Å². The van der Waals surface area contributed by atoms with Gasteiger partial charge in [0, 0.05) is 37.5 Å². The second kappa shape index (κ2) is 12.6. The molecule has 6 atom stereocenters. The molecule has 2 unspecified atom stereocenters. The smallest absolute Gasteiger partial charge is 0.317 e. The van der Waals surface area contributed by atoms with Gasteiger partial charge in [0.2, 0.25) is 5.91 Å². The molecule has 0 aromatic heterocycles. The molecule has 1 aromatic carbocycles. The number of nitrogens with one attached hydrogen (secondary N) is 2. The highest BCUT2D eigenvalue weighted by molar-refractivity contribution is 7.59. The van der Waals surface area contributed by atoms with Crippen LogP contribution in [0.1, 0.15) is 51.4 Å². The SMILES string of the molecule is C[NH+]1[C@H]2CC[C@@H]1[C@@H](C(=O)OCCCCCC(=O)NCCC(=O)O)[C@@H](OP(=O)([O-])c1ccccc1)C2. The summed E-state index contributed by atoms with van der Waals surface area (Å²) < 4.78 is 24.0. The molecule has 10 nitrogen and oxygen atoms in total. The Labute approximate surface area is 205 Å². The summed E-state index contributed by atoms with van der Waals surface area (Å²) in [6.07, 6.45) is 3.49. The van der Waals surface area contributed by atoms with E-state index < -0.39 is 31.6 Å². The van der Waals surface area contributed by atoms with Gasteiger partial charge in [-0.05, 0) is 19.3 Å². The molecular weight excluding hydrogens is 475 g/mol. The van der Waals surface area contributed by atoms with E-state index in [0.717, 1.165) is 12.8 Å². The number of unbranched alkanes of at least 4 members (excludes halogenated alkanes) is 2. The van der Waals surface area contributed by atoms with Gasteiger partial charge in [-0.15, -0.1) is 0 Å². The molecule has 35 heavy (non-hydrogen) atoms. The molecule has 2 bridgehead atoms. The van der Waals surface area contributed by atoms with Crippen molar-refractivity contribution < 1.29 is 43.1 Å².